The van der Waals surface area contributed by atoms with Gasteiger partial charge < -0.3 is 14.8 Å². The average molecular weight is 294 g/mol. The molecule has 0 fully saturated rings. The minimum absolute atomic E-state index is 0.105. The molecule has 0 aliphatic carbocycles. The SMILES string of the molecule is COC(=O)/C(C#N)=C/Nc1ccc(Oc2ccccc2)cc1. The Hall–Kier alpha value is -3.26. The highest BCUT2D eigenvalue weighted by atomic mass is 16.5. The third kappa shape index (κ3) is 4.12. The molecule has 0 aromatic heterocycles. The number of nitrogens with one attached hydrogen (secondary N) is 1. The summed E-state index contributed by atoms with van der Waals surface area (Å²) in [6.45, 7) is 0. The highest BCUT2D eigenvalue weighted by Crippen LogP contribution is 2.22. The summed E-state index contributed by atoms with van der Waals surface area (Å²) in [5, 5.41) is 11.7. The highest BCUT2D eigenvalue weighted by molar-refractivity contribution is 5.93. The molecule has 0 saturated heterocycles. The molecular formula is C17H14N2O3. The van der Waals surface area contributed by atoms with E-state index < -0.39 is 5.97 Å². The number of hydrogen-bond donors (Lipinski definition) is 1. The number of esters is 1. The number of nitriles is 1. The standard InChI is InChI=1S/C17H14N2O3/c1-21-17(20)13(11-18)12-19-14-7-9-16(10-8-14)22-15-5-3-2-4-6-15/h2-10,12,19H,1H3/b13-12+. The lowest BCUT2D eigenvalue weighted by Crippen LogP contribution is -2.05. The molecule has 0 aliphatic rings. The van der Waals surface area contributed by atoms with E-state index in [0.717, 1.165) is 11.4 Å². The Morgan fingerprint density at radius 1 is 1.09 bits per heavy atom. The van der Waals surface area contributed by atoms with Crippen LogP contribution in [0.2, 0.25) is 0 Å². The van der Waals surface area contributed by atoms with Gasteiger partial charge in [-0.2, -0.15) is 5.26 Å². The van der Waals surface area contributed by atoms with Gasteiger partial charge in [0.2, 0.25) is 0 Å². The first-order valence-corrected chi connectivity index (χ1v) is 6.51. The van der Waals surface area contributed by atoms with Gasteiger partial charge in [0.05, 0.1) is 7.11 Å². The number of carbonyl (C=O) groups is 1. The van der Waals surface area contributed by atoms with Crippen LogP contribution in [0.15, 0.2) is 66.4 Å². The second-order valence-corrected chi connectivity index (χ2v) is 4.25. The molecule has 0 unspecified atom stereocenters. The van der Waals surface area contributed by atoms with Gasteiger partial charge in [0, 0.05) is 11.9 Å². The molecule has 2 aromatic rings. The predicted octanol–water partition coefficient (Wildman–Crippen LogP) is 3.47. The molecule has 0 spiro atoms. The van der Waals surface area contributed by atoms with E-state index in [4.69, 9.17) is 10.00 Å². The van der Waals surface area contributed by atoms with E-state index in [9.17, 15) is 4.79 Å². The molecule has 110 valence electrons. The van der Waals surface area contributed by atoms with Crippen LogP contribution in [0.1, 0.15) is 0 Å². The Morgan fingerprint density at radius 2 is 1.73 bits per heavy atom. The van der Waals surface area contributed by atoms with Crippen molar-refractivity contribution in [2.75, 3.05) is 12.4 Å². The number of rotatable bonds is 5. The van der Waals surface area contributed by atoms with Crippen molar-refractivity contribution < 1.29 is 14.3 Å². The minimum Gasteiger partial charge on any atom is -0.465 e. The average Bonchev–Trinajstić information content (AvgIpc) is 2.57. The van der Waals surface area contributed by atoms with Crippen molar-refractivity contribution in [2.45, 2.75) is 0 Å². The number of benzene rings is 2. The van der Waals surface area contributed by atoms with Crippen molar-refractivity contribution in [1.82, 2.24) is 0 Å². The van der Waals surface area contributed by atoms with Crippen LogP contribution in [0.5, 0.6) is 11.5 Å². The van der Waals surface area contributed by atoms with E-state index in [1.807, 2.05) is 30.3 Å². The van der Waals surface area contributed by atoms with Crippen molar-refractivity contribution in [3.05, 3.63) is 66.4 Å². The van der Waals surface area contributed by atoms with Crippen LogP contribution >= 0.6 is 0 Å². The zero-order valence-electron chi connectivity index (χ0n) is 11.9. The van der Waals surface area contributed by atoms with Gasteiger partial charge in [-0.15, -0.1) is 0 Å². The second-order valence-electron chi connectivity index (χ2n) is 4.25. The molecule has 2 aromatic carbocycles. The van der Waals surface area contributed by atoms with Crippen molar-refractivity contribution in [3.8, 4) is 17.6 Å². The van der Waals surface area contributed by atoms with Crippen LogP contribution in [-0.4, -0.2) is 13.1 Å². The van der Waals surface area contributed by atoms with Crippen LogP contribution in [0.3, 0.4) is 0 Å². The van der Waals surface area contributed by atoms with Gasteiger partial charge in [-0.1, -0.05) is 18.2 Å². The van der Waals surface area contributed by atoms with E-state index in [0.29, 0.717) is 5.75 Å². The van der Waals surface area contributed by atoms with E-state index in [2.05, 4.69) is 10.1 Å². The summed E-state index contributed by atoms with van der Waals surface area (Å²) in [5.74, 6) is 0.758. The molecule has 0 heterocycles. The number of para-hydroxylation sites is 1. The fourth-order valence-electron chi connectivity index (χ4n) is 1.65. The van der Waals surface area contributed by atoms with E-state index in [1.54, 1.807) is 30.3 Å². The van der Waals surface area contributed by atoms with Gasteiger partial charge in [-0.3, -0.25) is 0 Å². The normalized spacial score (nSPS) is 10.5. The van der Waals surface area contributed by atoms with Gasteiger partial charge in [0.15, 0.2) is 5.57 Å². The van der Waals surface area contributed by atoms with Crippen molar-refractivity contribution in [3.63, 3.8) is 0 Å². The summed E-state index contributed by atoms with van der Waals surface area (Å²) in [4.78, 5) is 11.2. The van der Waals surface area contributed by atoms with E-state index in [1.165, 1.54) is 13.3 Å². The first kappa shape index (κ1) is 15.1. The Labute approximate surface area is 128 Å². The quantitative estimate of drug-likeness (QED) is 0.519. The van der Waals surface area contributed by atoms with Gasteiger partial charge in [0.1, 0.15) is 17.6 Å². The van der Waals surface area contributed by atoms with Crippen LogP contribution in [-0.2, 0) is 9.53 Å². The predicted molar refractivity (Wildman–Crippen MR) is 82.3 cm³/mol. The van der Waals surface area contributed by atoms with Gasteiger partial charge in [0.25, 0.3) is 0 Å². The Balaban J connectivity index is 2.02. The molecule has 0 bridgehead atoms. The van der Waals surface area contributed by atoms with Crippen molar-refractivity contribution >= 4 is 11.7 Å². The molecule has 0 saturated carbocycles. The van der Waals surface area contributed by atoms with Crippen LogP contribution in [0, 0.1) is 11.3 Å². The Kier molecular flexibility index (Phi) is 5.16. The number of ether oxygens (including phenoxy) is 2. The lowest BCUT2D eigenvalue weighted by molar-refractivity contribution is -0.135. The van der Waals surface area contributed by atoms with Crippen molar-refractivity contribution in [1.29, 1.82) is 5.26 Å². The Bertz CT molecular complexity index is 701. The minimum atomic E-state index is -0.681. The first-order chi connectivity index (χ1) is 10.7. The maximum absolute atomic E-state index is 11.2. The molecule has 5 nitrogen and oxygen atoms in total. The highest BCUT2D eigenvalue weighted by Gasteiger charge is 2.07. The zero-order chi connectivity index (χ0) is 15.8. The summed E-state index contributed by atoms with van der Waals surface area (Å²) in [6.07, 6.45) is 1.30. The van der Waals surface area contributed by atoms with Crippen LogP contribution < -0.4 is 10.1 Å². The van der Waals surface area contributed by atoms with Gasteiger partial charge in [-0.05, 0) is 36.4 Å². The number of anilines is 1. The number of methoxy groups -OCH3 is 1. The lowest BCUT2D eigenvalue weighted by Gasteiger charge is -2.07. The molecule has 0 radical (unpaired) electrons. The third-order valence-electron chi connectivity index (χ3n) is 2.74. The maximum atomic E-state index is 11.2. The van der Waals surface area contributed by atoms with Crippen molar-refractivity contribution in [2.24, 2.45) is 0 Å². The second kappa shape index (κ2) is 7.50. The molecule has 0 aliphatic heterocycles. The number of hydrogen-bond acceptors (Lipinski definition) is 5. The maximum Gasteiger partial charge on any atom is 0.350 e. The Morgan fingerprint density at radius 3 is 2.32 bits per heavy atom. The first-order valence-electron chi connectivity index (χ1n) is 6.51. The van der Waals surface area contributed by atoms with Gasteiger partial charge in [-0.25, -0.2) is 4.79 Å². The molecule has 0 atom stereocenters. The molecule has 5 heteroatoms. The van der Waals surface area contributed by atoms with Crippen LogP contribution in [0.4, 0.5) is 5.69 Å². The van der Waals surface area contributed by atoms with E-state index >= 15 is 0 Å². The summed E-state index contributed by atoms with van der Waals surface area (Å²) in [6, 6.07) is 18.3. The largest absolute Gasteiger partial charge is 0.465 e. The number of carbonyl (C=O) groups excluding carboxylic acids is 1. The number of nitrogens with zero attached hydrogens (tertiary/aromatic N) is 1. The third-order valence-corrected chi connectivity index (χ3v) is 2.74. The zero-order valence-corrected chi connectivity index (χ0v) is 11.9. The summed E-state index contributed by atoms with van der Waals surface area (Å²) < 4.78 is 10.2. The summed E-state index contributed by atoms with van der Waals surface area (Å²) in [5.41, 5.74) is 0.615. The summed E-state index contributed by atoms with van der Waals surface area (Å²) in [7, 11) is 1.23. The van der Waals surface area contributed by atoms with Crippen LogP contribution in [0.25, 0.3) is 0 Å². The smallest absolute Gasteiger partial charge is 0.350 e. The molecule has 1 N–H and O–H groups in total. The van der Waals surface area contributed by atoms with Gasteiger partial charge >= 0.3 is 5.97 Å². The molecular weight excluding hydrogens is 280 g/mol. The fraction of sp³-hybridized carbons (Fsp3) is 0.0588. The molecule has 0 amide bonds. The topological polar surface area (TPSA) is 71.4 Å². The lowest BCUT2D eigenvalue weighted by atomic mass is 10.3. The summed E-state index contributed by atoms with van der Waals surface area (Å²) >= 11 is 0. The molecule has 2 rings (SSSR count). The monoisotopic (exact) mass is 294 g/mol. The fourth-order valence-corrected chi connectivity index (χ4v) is 1.65. The molecule has 22 heavy (non-hydrogen) atoms. The van der Waals surface area contributed by atoms with E-state index in [-0.39, 0.29) is 5.57 Å².